The molecule has 3 aromatic rings. The molecule has 7 nitrogen and oxygen atoms in total. The van der Waals surface area contributed by atoms with Gasteiger partial charge < -0.3 is 25.3 Å². The molecule has 28 heavy (non-hydrogen) atoms. The Kier molecular flexibility index (Phi) is 5.84. The standard InChI is InChI=1S/C21H24N4O3/c1-13(2)28-18-7-5-14(11-16(18)22)17-9-10-23-21(25-17)24-15-6-8-19(26-3)20(12-15)27-4/h5-13H,22H2,1-4H3,(H,23,24,25). The van der Waals surface area contributed by atoms with Gasteiger partial charge in [0.15, 0.2) is 11.5 Å². The van der Waals surface area contributed by atoms with Crippen LogP contribution in [0.3, 0.4) is 0 Å². The maximum atomic E-state index is 6.12. The minimum atomic E-state index is 0.0597. The van der Waals surface area contributed by atoms with Crippen LogP contribution in [0.2, 0.25) is 0 Å². The second-order valence-electron chi connectivity index (χ2n) is 6.38. The first kappa shape index (κ1) is 19.3. The van der Waals surface area contributed by atoms with Crippen LogP contribution in [-0.4, -0.2) is 30.3 Å². The number of nitrogens with zero attached hydrogens (tertiary/aromatic N) is 2. The van der Waals surface area contributed by atoms with Gasteiger partial charge in [-0.3, -0.25) is 0 Å². The largest absolute Gasteiger partial charge is 0.493 e. The molecule has 0 aliphatic rings. The number of benzene rings is 2. The van der Waals surface area contributed by atoms with Crippen molar-refractivity contribution in [2.45, 2.75) is 20.0 Å². The lowest BCUT2D eigenvalue weighted by Gasteiger charge is -2.13. The van der Waals surface area contributed by atoms with Crippen LogP contribution in [0.4, 0.5) is 17.3 Å². The highest BCUT2D eigenvalue weighted by molar-refractivity contribution is 5.69. The predicted molar refractivity (Wildman–Crippen MR) is 110 cm³/mol. The Labute approximate surface area is 164 Å². The van der Waals surface area contributed by atoms with Gasteiger partial charge in [-0.15, -0.1) is 0 Å². The van der Waals surface area contributed by atoms with Crippen molar-refractivity contribution >= 4 is 17.3 Å². The van der Waals surface area contributed by atoms with Crippen LogP contribution in [0.15, 0.2) is 48.7 Å². The Morgan fingerprint density at radius 3 is 2.36 bits per heavy atom. The number of rotatable bonds is 7. The van der Waals surface area contributed by atoms with Crippen molar-refractivity contribution in [2.24, 2.45) is 0 Å². The molecule has 2 aromatic carbocycles. The maximum absolute atomic E-state index is 6.12. The van der Waals surface area contributed by atoms with Crippen LogP contribution >= 0.6 is 0 Å². The summed E-state index contributed by atoms with van der Waals surface area (Å²) < 4.78 is 16.3. The molecule has 0 saturated heterocycles. The minimum Gasteiger partial charge on any atom is -0.493 e. The second-order valence-corrected chi connectivity index (χ2v) is 6.38. The molecule has 0 amide bonds. The summed E-state index contributed by atoms with van der Waals surface area (Å²) in [5, 5.41) is 3.18. The van der Waals surface area contributed by atoms with Crippen LogP contribution in [0.25, 0.3) is 11.3 Å². The molecular formula is C21H24N4O3. The smallest absolute Gasteiger partial charge is 0.227 e. The van der Waals surface area contributed by atoms with E-state index in [9.17, 15) is 0 Å². The summed E-state index contributed by atoms with van der Waals surface area (Å²) in [7, 11) is 3.19. The number of hydrogen-bond donors (Lipinski definition) is 2. The van der Waals surface area contributed by atoms with Gasteiger partial charge in [-0.1, -0.05) is 0 Å². The maximum Gasteiger partial charge on any atom is 0.227 e. The minimum absolute atomic E-state index is 0.0597. The Morgan fingerprint density at radius 1 is 0.929 bits per heavy atom. The van der Waals surface area contributed by atoms with E-state index in [1.165, 1.54) is 0 Å². The SMILES string of the molecule is COc1ccc(Nc2nccc(-c3ccc(OC(C)C)c(N)c3)n2)cc1OC. The van der Waals surface area contributed by atoms with Crippen LogP contribution in [-0.2, 0) is 0 Å². The lowest BCUT2D eigenvalue weighted by molar-refractivity contribution is 0.244. The zero-order chi connectivity index (χ0) is 20.1. The zero-order valence-electron chi connectivity index (χ0n) is 16.4. The topological polar surface area (TPSA) is 91.5 Å². The quantitative estimate of drug-likeness (QED) is 0.591. The third-order valence-corrected chi connectivity index (χ3v) is 3.96. The summed E-state index contributed by atoms with van der Waals surface area (Å²) in [6.07, 6.45) is 1.75. The molecule has 0 spiro atoms. The summed E-state index contributed by atoms with van der Waals surface area (Å²) in [6.45, 7) is 3.92. The van der Waals surface area contributed by atoms with Crippen molar-refractivity contribution in [1.82, 2.24) is 9.97 Å². The van der Waals surface area contributed by atoms with Crippen LogP contribution < -0.4 is 25.3 Å². The van der Waals surface area contributed by atoms with Gasteiger partial charge in [0.25, 0.3) is 0 Å². The van der Waals surface area contributed by atoms with Gasteiger partial charge in [0.05, 0.1) is 31.7 Å². The average molecular weight is 380 g/mol. The number of aromatic nitrogens is 2. The molecular weight excluding hydrogens is 356 g/mol. The Hall–Kier alpha value is -3.48. The average Bonchev–Trinajstić information content (AvgIpc) is 2.69. The molecule has 0 unspecified atom stereocenters. The number of anilines is 3. The molecule has 1 aromatic heterocycles. The Morgan fingerprint density at radius 2 is 1.68 bits per heavy atom. The summed E-state index contributed by atoms with van der Waals surface area (Å²) in [5.41, 5.74) is 9.11. The summed E-state index contributed by atoms with van der Waals surface area (Å²) in [5.74, 6) is 2.40. The molecule has 0 radical (unpaired) electrons. The van der Waals surface area contributed by atoms with E-state index in [0.29, 0.717) is 28.9 Å². The van der Waals surface area contributed by atoms with Crippen LogP contribution in [0, 0.1) is 0 Å². The summed E-state index contributed by atoms with van der Waals surface area (Å²) in [6, 6.07) is 13.0. The van der Waals surface area contributed by atoms with E-state index in [2.05, 4.69) is 15.3 Å². The molecule has 3 rings (SSSR count). The molecule has 1 heterocycles. The van der Waals surface area contributed by atoms with Gasteiger partial charge in [-0.25, -0.2) is 9.97 Å². The number of ether oxygens (including phenoxy) is 3. The van der Waals surface area contributed by atoms with Gasteiger partial charge in [-0.05, 0) is 50.2 Å². The number of nitrogen functional groups attached to an aromatic ring is 1. The van der Waals surface area contributed by atoms with E-state index in [1.807, 2.05) is 56.3 Å². The van der Waals surface area contributed by atoms with Crippen molar-refractivity contribution in [3.63, 3.8) is 0 Å². The van der Waals surface area contributed by atoms with Crippen LogP contribution in [0.5, 0.6) is 17.2 Å². The van der Waals surface area contributed by atoms with Crippen molar-refractivity contribution in [2.75, 3.05) is 25.3 Å². The molecule has 0 aliphatic heterocycles. The van der Waals surface area contributed by atoms with Crippen molar-refractivity contribution in [3.05, 3.63) is 48.7 Å². The Balaban J connectivity index is 1.84. The molecule has 7 heteroatoms. The van der Waals surface area contributed by atoms with Gasteiger partial charge >= 0.3 is 0 Å². The summed E-state index contributed by atoms with van der Waals surface area (Å²) >= 11 is 0. The fraction of sp³-hybridized carbons (Fsp3) is 0.238. The Bertz CT molecular complexity index is 960. The first-order valence-corrected chi connectivity index (χ1v) is 8.89. The predicted octanol–water partition coefficient (Wildman–Crippen LogP) is 4.27. The van der Waals surface area contributed by atoms with Gasteiger partial charge in [0, 0.05) is 23.5 Å². The van der Waals surface area contributed by atoms with E-state index in [4.69, 9.17) is 19.9 Å². The lowest BCUT2D eigenvalue weighted by atomic mass is 10.1. The van der Waals surface area contributed by atoms with Gasteiger partial charge in [0.2, 0.25) is 5.95 Å². The third kappa shape index (κ3) is 4.43. The zero-order valence-corrected chi connectivity index (χ0v) is 16.4. The highest BCUT2D eigenvalue weighted by Crippen LogP contribution is 2.31. The molecule has 0 aliphatic carbocycles. The fourth-order valence-corrected chi connectivity index (χ4v) is 2.69. The van der Waals surface area contributed by atoms with E-state index in [-0.39, 0.29) is 6.10 Å². The molecule has 0 saturated carbocycles. The van der Waals surface area contributed by atoms with E-state index < -0.39 is 0 Å². The molecule has 0 fully saturated rings. The molecule has 3 N–H and O–H groups in total. The van der Waals surface area contributed by atoms with Crippen molar-refractivity contribution in [3.8, 4) is 28.5 Å². The van der Waals surface area contributed by atoms with Crippen molar-refractivity contribution in [1.29, 1.82) is 0 Å². The number of nitrogens with one attached hydrogen (secondary N) is 1. The van der Waals surface area contributed by atoms with E-state index in [0.717, 1.165) is 16.9 Å². The number of methoxy groups -OCH3 is 2. The number of nitrogens with two attached hydrogens (primary N) is 1. The third-order valence-electron chi connectivity index (χ3n) is 3.96. The molecule has 0 atom stereocenters. The normalized spacial score (nSPS) is 10.6. The monoisotopic (exact) mass is 380 g/mol. The van der Waals surface area contributed by atoms with Crippen LogP contribution in [0.1, 0.15) is 13.8 Å². The van der Waals surface area contributed by atoms with E-state index >= 15 is 0 Å². The van der Waals surface area contributed by atoms with Gasteiger partial charge in [0.1, 0.15) is 5.75 Å². The number of hydrogen-bond acceptors (Lipinski definition) is 7. The molecule has 146 valence electrons. The lowest BCUT2D eigenvalue weighted by Crippen LogP contribution is -2.07. The van der Waals surface area contributed by atoms with Gasteiger partial charge in [-0.2, -0.15) is 0 Å². The highest BCUT2D eigenvalue weighted by atomic mass is 16.5. The highest BCUT2D eigenvalue weighted by Gasteiger charge is 2.09. The first-order valence-electron chi connectivity index (χ1n) is 8.89. The second kappa shape index (κ2) is 8.47. The summed E-state index contributed by atoms with van der Waals surface area (Å²) in [4.78, 5) is 8.86. The first-order chi connectivity index (χ1) is 13.5. The molecule has 0 bridgehead atoms. The fourth-order valence-electron chi connectivity index (χ4n) is 2.69. The van der Waals surface area contributed by atoms with E-state index in [1.54, 1.807) is 20.4 Å². The van der Waals surface area contributed by atoms with Crippen molar-refractivity contribution < 1.29 is 14.2 Å².